The Morgan fingerprint density at radius 2 is 2.50 bits per heavy atom. The van der Waals surface area contributed by atoms with Gasteiger partial charge in [0.1, 0.15) is 0 Å². The minimum atomic E-state index is 0.447. The van der Waals surface area contributed by atoms with Crippen LogP contribution in [0.3, 0.4) is 0 Å². The minimum absolute atomic E-state index is 0.447. The lowest BCUT2D eigenvalue weighted by Crippen LogP contribution is -2.05. The zero-order chi connectivity index (χ0) is 9.97. The van der Waals surface area contributed by atoms with Crippen molar-refractivity contribution in [2.24, 2.45) is 5.92 Å². The maximum atomic E-state index is 5.73. The van der Waals surface area contributed by atoms with Crippen molar-refractivity contribution in [1.82, 2.24) is 10.2 Å². The monoisotopic (exact) mass is 211 g/mol. The van der Waals surface area contributed by atoms with Gasteiger partial charge in [-0.05, 0) is 18.8 Å². The molecule has 1 aromatic heterocycles. The zero-order valence-corrected chi connectivity index (χ0v) is 8.96. The number of nitrogens with zero attached hydrogens (tertiary/aromatic N) is 2. The first kappa shape index (κ1) is 9.71. The Morgan fingerprint density at radius 1 is 1.64 bits per heavy atom. The van der Waals surface area contributed by atoms with E-state index in [1.807, 2.05) is 6.07 Å². The van der Waals surface area contributed by atoms with Crippen LogP contribution in [0.15, 0.2) is 12.3 Å². The summed E-state index contributed by atoms with van der Waals surface area (Å²) in [5.41, 5.74) is 0.980. The van der Waals surface area contributed by atoms with Gasteiger partial charge in [0, 0.05) is 12.1 Å². The molecule has 1 fully saturated rings. The molecular weight excluding hydrogens is 198 g/mol. The average Bonchev–Trinajstić information content (AvgIpc) is 2.84. The third kappa shape index (κ3) is 2.35. The molecule has 4 heteroatoms. The molecule has 1 aromatic rings. The third-order valence-electron chi connectivity index (χ3n) is 2.56. The van der Waals surface area contributed by atoms with Crippen LogP contribution >= 0.6 is 11.6 Å². The normalized spacial score (nSPS) is 24.7. The standard InChI is InChI=1S/C10H14ClN3/c1-2-3-7-4-9(7)13-8-5-10(11)14-12-6-8/h5-7,9H,2-4H2,1H3,(H,13,14). The predicted molar refractivity (Wildman–Crippen MR) is 57.5 cm³/mol. The number of aromatic nitrogens is 2. The summed E-state index contributed by atoms with van der Waals surface area (Å²) in [5, 5.41) is 11.3. The minimum Gasteiger partial charge on any atom is -0.381 e. The quantitative estimate of drug-likeness (QED) is 0.832. The van der Waals surface area contributed by atoms with Gasteiger partial charge in [-0.1, -0.05) is 24.9 Å². The Bertz CT molecular complexity index is 316. The summed E-state index contributed by atoms with van der Waals surface area (Å²) >= 11 is 5.73. The van der Waals surface area contributed by atoms with Crippen LogP contribution in [0.25, 0.3) is 0 Å². The topological polar surface area (TPSA) is 37.8 Å². The van der Waals surface area contributed by atoms with Crippen molar-refractivity contribution >= 4 is 17.3 Å². The summed E-state index contributed by atoms with van der Waals surface area (Å²) in [6, 6.07) is 2.44. The molecule has 0 bridgehead atoms. The molecule has 0 aromatic carbocycles. The van der Waals surface area contributed by atoms with Gasteiger partial charge in [0.15, 0.2) is 5.15 Å². The Kier molecular flexibility index (Phi) is 2.87. The molecule has 0 radical (unpaired) electrons. The summed E-state index contributed by atoms with van der Waals surface area (Å²) in [7, 11) is 0. The van der Waals surface area contributed by atoms with Crippen LogP contribution in [0.5, 0.6) is 0 Å². The number of hydrogen-bond donors (Lipinski definition) is 1. The van der Waals surface area contributed by atoms with Gasteiger partial charge >= 0.3 is 0 Å². The van der Waals surface area contributed by atoms with E-state index in [4.69, 9.17) is 11.6 Å². The van der Waals surface area contributed by atoms with Crippen molar-refractivity contribution in [3.05, 3.63) is 17.4 Å². The van der Waals surface area contributed by atoms with E-state index in [0.29, 0.717) is 11.2 Å². The summed E-state index contributed by atoms with van der Waals surface area (Å²) in [4.78, 5) is 0. The molecule has 1 N–H and O–H groups in total. The summed E-state index contributed by atoms with van der Waals surface area (Å²) in [5.74, 6) is 0.840. The first-order valence-corrected chi connectivity index (χ1v) is 5.42. The highest BCUT2D eigenvalue weighted by molar-refractivity contribution is 6.29. The SMILES string of the molecule is CCCC1CC1Nc1cnnc(Cl)c1. The largest absolute Gasteiger partial charge is 0.381 e. The van der Waals surface area contributed by atoms with Gasteiger partial charge in [-0.25, -0.2) is 0 Å². The van der Waals surface area contributed by atoms with Gasteiger partial charge in [0.25, 0.3) is 0 Å². The van der Waals surface area contributed by atoms with Crippen molar-refractivity contribution in [3.8, 4) is 0 Å². The second-order valence-corrected chi connectivity index (χ2v) is 4.19. The van der Waals surface area contributed by atoms with Gasteiger partial charge in [-0.15, -0.1) is 5.10 Å². The predicted octanol–water partition coefficient (Wildman–Crippen LogP) is 2.73. The number of rotatable bonds is 4. The smallest absolute Gasteiger partial charge is 0.153 e. The van der Waals surface area contributed by atoms with E-state index in [9.17, 15) is 0 Å². The maximum absolute atomic E-state index is 5.73. The maximum Gasteiger partial charge on any atom is 0.153 e. The van der Waals surface area contributed by atoms with Crippen LogP contribution < -0.4 is 5.32 Å². The fraction of sp³-hybridized carbons (Fsp3) is 0.600. The summed E-state index contributed by atoms with van der Waals surface area (Å²) in [6.45, 7) is 2.22. The van der Waals surface area contributed by atoms with Gasteiger partial charge < -0.3 is 5.32 Å². The molecule has 2 rings (SSSR count). The van der Waals surface area contributed by atoms with Crippen LogP contribution in [0.4, 0.5) is 5.69 Å². The van der Waals surface area contributed by atoms with E-state index in [1.54, 1.807) is 6.20 Å². The fourth-order valence-electron chi connectivity index (χ4n) is 1.75. The summed E-state index contributed by atoms with van der Waals surface area (Å²) in [6.07, 6.45) is 5.56. The zero-order valence-electron chi connectivity index (χ0n) is 8.20. The van der Waals surface area contributed by atoms with Crippen LogP contribution in [0.1, 0.15) is 26.2 Å². The molecule has 1 aliphatic carbocycles. The highest BCUT2D eigenvalue weighted by Crippen LogP contribution is 2.37. The molecule has 0 aliphatic heterocycles. The van der Waals surface area contributed by atoms with Gasteiger partial charge in [-0.2, -0.15) is 5.10 Å². The Balaban J connectivity index is 1.87. The Labute approximate surface area is 88.9 Å². The third-order valence-corrected chi connectivity index (χ3v) is 2.74. The molecular formula is C10H14ClN3. The van der Waals surface area contributed by atoms with Gasteiger partial charge in [-0.3, -0.25) is 0 Å². The number of anilines is 1. The van der Waals surface area contributed by atoms with E-state index in [-0.39, 0.29) is 0 Å². The van der Waals surface area contributed by atoms with E-state index >= 15 is 0 Å². The van der Waals surface area contributed by atoms with E-state index < -0.39 is 0 Å². The van der Waals surface area contributed by atoms with Gasteiger partial charge in [0.2, 0.25) is 0 Å². The average molecular weight is 212 g/mol. The highest BCUT2D eigenvalue weighted by Gasteiger charge is 2.35. The lowest BCUT2D eigenvalue weighted by molar-refractivity contribution is 0.692. The number of hydrogen-bond acceptors (Lipinski definition) is 3. The Morgan fingerprint density at radius 3 is 3.21 bits per heavy atom. The molecule has 2 unspecified atom stereocenters. The van der Waals surface area contributed by atoms with Gasteiger partial charge in [0.05, 0.1) is 11.9 Å². The second-order valence-electron chi connectivity index (χ2n) is 3.80. The lowest BCUT2D eigenvalue weighted by Gasteiger charge is -2.04. The van der Waals surface area contributed by atoms with E-state index in [2.05, 4.69) is 22.4 Å². The molecule has 3 nitrogen and oxygen atoms in total. The molecule has 1 aliphatic rings. The van der Waals surface area contributed by atoms with Crippen LogP contribution in [-0.2, 0) is 0 Å². The second kappa shape index (κ2) is 4.13. The molecule has 0 spiro atoms. The van der Waals surface area contributed by atoms with Crippen molar-refractivity contribution in [1.29, 1.82) is 0 Å². The molecule has 1 heterocycles. The molecule has 0 saturated heterocycles. The van der Waals surface area contributed by atoms with Crippen molar-refractivity contribution in [3.63, 3.8) is 0 Å². The van der Waals surface area contributed by atoms with Crippen molar-refractivity contribution < 1.29 is 0 Å². The fourth-order valence-corrected chi connectivity index (χ4v) is 1.91. The first-order valence-electron chi connectivity index (χ1n) is 5.04. The molecule has 76 valence electrons. The Hall–Kier alpha value is -0.830. The first-order chi connectivity index (χ1) is 6.79. The summed E-state index contributed by atoms with van der Waals surface area (Å²) < 4.78 is 0. The molecule has 1 saturated carbocycles. The van der Waals surface area contributed by atoms with Crippen molar-refractivity contribution in [2.75, 3.05) is 5.32 Å². The van der Waals surface area contributed by atoms with Crippen LogP contribution in [0.2, 0.25) is 5.15 Å². The van der Waals surface area contributed by atoms with E-state index in [0.717, 1.165) is 11.6 Å². The van der Waals surface area contributed by atoms with Crippen LogP contribution in [0, 0.1) is 5.92 Å². The molecule has 0 amide bonds. The van der Waals surface area contributed by atoms with E-state index in [1.165, 1.54) is 19.3 Å². The highest BCUT2D eigenvalue weighted by atomic mass is 35.5. The molecule has 14 heavy (non-hydrogen) atoms. The van der Waals surface area contributed by atoms with Crippen molar-refractivity contribution in [2.45, 2.75) is 32.2 Å². The lowest BCUT2D eigenvalue weighted by atomic mass is 10.2. The number of nitrogens with one attached hydrogen (secondary N) is 1. The van der Waals surface area contributed by atoms with Crippen LogP contribution in [-0.4, -0.2) is 16.2 Å². The molecule has 2 atom stereocenters. The number of halogens is 1.